The maximum atomic E-state index is 5.33. The highest BCUT2D eigenvalue weighted by Gasteiger charge is 2.24. The molecule has 1 unspecified atom stereocenters. The first kappa shape index (κ1) is 17.2. The summed E-state index contributed by atoms with van der Waals surface area (Å²) in [5.41, 5.74) is 2.86. The first-order valence-corrected chi connectivity index (χ1v) is 6.88. The van der Waals surface area contributed by atoms with Crippen LogP contribution in [0.25, 0.3) is 0 Å². The highest BCUT2D eigenvalue weighted by molar-refractivity contribution is 5.02. The molecule has 0 saturated heterocycles. The van der Waals surface area contributed by atoms with E-state index in [0.29, 0.717) is 0 Å². The highest BCUT2D eigenvalue weighted by atomic mass is 16.5. The Bertz CT molecular complexity index is 283. The van der Waals surface area contributed by atoms with Crippen LogP contribution in [-0.4, -0.2) is 32.2 Å². The third-order valence-electron chi connectivity index (χ3n) is 3.81. The summed E-state index contributed by atoms with van der Waals surface area (Å²) in [4.78, 5) is 2.28. The number of hydrogen-bond acceptors (Lipinski definition) is 2. The molecule has 0 amide bonds. The van der Waals surface area contributed by atoms with Gasteiger partial charge in [0, 0.05) is 31.8 Å². The highest BCUT2D eigenvalue weighted by Crippen LogP contribution is 2.25. The summed E-state index contributed by atoms with van der Waals surface area (Å²) in [6.45, 7) is 14.8. The zero-order valence-corrected chi connectivity index (χ0v) is 13.2. The van der Waals surface area contributed by atoms with Gasteiger partial charge in [0.25, 0.3) is 0 Å². The van der Waals surface area contributed by atoms with Gasteiger partial charge >= 0.3 is 0 Å². The fraction of sp³-hybridized carbons (Fsp3) is 0.750. The molecule has 0 bridgehead atoms. The molecule has 18 heavy (non-hydrogen) atoms. The van der Waals surface area contributed by atoms with Gasteiger partial charge in [-0.15, -0.1) is 0 Å². The molecule has 0 aromatic carbocycles. The largest absolute Gasteiger partial charge is 0.384 e. The molecule has 2 heteroatoms. The van der Waals surface area contributed by atoms with Crippen molar-refractivity contribution in [2.24, 2.45) is 5.41 Å². The van der Waals surface area contributed by atoms with E-state index in [0.717, 1.165) is 32.4 Å². The molecule has 0 heterocycles. The van der Waals surface area contributed by atoms with Crippen molar-refractivity contribution in [1.29, 1.82) is 0 Å². The summed E-state index contributed by atoms with van der Waals surface area (Å²) in [6, 6.07) is 0. The Labute approximate surface area is 114 Å². The van der Waals surface area contributed by atoms with E-state index in [2.05, 4.69) is 52.3 Å². The van der Waals surface area contributed by atoms with Gasteiger partial charge in [0.05, 0.1) is 6.61 Å². The minimum absolute atomic E-state index is 0.210. The lowest BCUT2D eigenvalue weighted by atomic mass is 9.88. The standard InChI is InChI=1S/C16H31NO/c1-8-14(3)10-11-15(4)17(6)12-16(5,9-2)13-18-7/h8H,4,9-13H2,1-3,5-7H3/b14-8-. The second kappa shape index (κ2) is 8.36. The third-order valence-corrected chi connectivity index (χ3v) is 3.81. The maximum Gasteiger partial charge on any atom is 0.0532 e. The van der Waals surface area contributed by atoms with E-state index in [1.165, 1.54) is 11.3 Å². The van der Waals surface area contributed by atoms with Crippen LogP contribution in [0.3, 0.4) is 0 Å². The van der Waals surface area contributed by atoms with Crippen molar-refractivity contribution in [3.63, 3.8) is 0 Å². The molecule has 0 aromatic heterocycles. The second-order valence-electron chi connectivity index (χ2n) is 5.65. The molecule has 0 N–H and O–H groups in total. The van der Waals surface area contributed by atoms with E-state index in [1.54, 1.807) is 7.11 Å². The monoisotopic (exact) mass is 253 g/mol. The fourth-order valence-corrected chi connectivity index (χ4v) is 1.97. The smallest absolute Gasteiger partial charge is 0.0532 e. The molecule has 106 valence electrons. The maximum absolute atomic E-state index is 5.33. The minimum atomic E-state index is 0.210. The molecule has 0 aromatic rings. The molecule has 0 fully saturated rings. The van der Waals surface area contributed by atoms with Crippen molar-refractivity contribution in [2.75, 3.05) is 27.3 Å². The number of ether oxygens (including phenoxy) is 1. The molecule has 0 aliphatic rings. The van der Waals surface area contributed by atoms with Crippen molar-refractivity contribution < 1.29 is 4.74 Å². The van der Waals surface area contributed by atoms with Gasteiger partial charge in [0.1, 0.15) is 0 Å². The van der Waals surface area contributed by atoms with Crippen LogP contribution < -0.4 is 0 Å². The Kier molecular flexibility index (Phi) is 8.01. The van der Waals surface area contributed by atoms with Gasteiger partial charge in [0.15, 0.2) is 0 Å². The molecule has 0 aliphatic carbocycles. The summed E-state index contributed by atoms with van der Waals surface area (Å²) < 4.78 is 5.33. The Morgan fingerprint density at radius 1 is 1.39 bits per heavy atom. The van der Waals surface area contributed by atoms with Crippen LogP contribution in [0.1, 0.15) is 47.0 Å². The summed E-state index contributed by atoms with van der Waals surface area (Å²) in [7, 11) is 3.91. The summed E-state index contributed by atoms with van der Waals surface area (Å²) >= 11 is 0. The third kappa shape index (κ3) is 6.25. The molecule has 1 atom stereocenters. The van der Waals surface area contributed by atoms with Gasteiger partial charge in [-0.3, -0.25) is 0 Å². The second-order valence-corrected chi connectivity index (χ2v) is 5.65. The Hall–Kier alpha value is -0.760. The van der Waals surface area contributed by atoms with Crippen LogP contribution in [0.2, 0.25) is 0 Å². The Morgan fingerprint density at radius 3 is 2.44 bits per heavy atom. The first-order chi connectivity index (χ1) is 8.38. The first-order valence-electron chi connectivity index (χ1n) is 6.88. The molecule has 0 saturated carbocycles. The van der Waals surface area contributed by atoms with E-state index < -0.39 is 0 Å². The van der Waals surface area contributed by atoms with Gasteiger partial charge in [-0.05, 0) is 33.1 Å². The van der Waals surface area contributed by atoms with Crippen LogP contribution in [0.15, 0.2) is 23.9 Å². The Balaban J connectivity index is 4.29. The van der Waals surface area contributed by atoms with Crippen LogP contribution in [0.4, 0.5) is 0 Å². The lowest BCUT2D eigenvalue weighted by Crippen LogP contribution is -2.35. The van der Waals surface area contributed by atoms with E-state index in [4.69, 9.17) is 4.74 Å². The normalized spacial score (nSPS) is 15.3. The summed E-state index contributed by atoms with van der Waals surface area (Å²) in [5.74, 6) is 0. The van der Waals surface area contributed by atoms with E-state index in [-0.39, 0.29) is 5.41 Å². The van der Waals surface area contributed by atoms with Crippen molar-refractivity contribution in [2.45, 2.75) is 47.0 Å². The lowest BCUT2D eigenvalue weighted by molar-refractivity contribution is 0.0685. The van der Waals surface area contributed by atoms with Crippen LogP contribution in [-0.2, 0) is 4.74 Å². The van der Waals surface area contributed by atoms with Crippen molar-refractivity contribution in [3.8, 4) is 0 Å². The number of hydrogen-bond donors (Lipinski definition) is 0. The molecule has 0 spiro atoms. The van der Waals surface area contributed by atoms with Gasteiger partial charge in [-0.1, -0.05) is 32.1 Å². The van der Waals surface area contributed by atoms with Crippen molar-refractivity contribution in [1.82, 2.24) is 4.90 Å². The van der Waals surface area contributed by atoms with E-state index >= 15 is 0 Å². The number of methoxy groups -OCH3 is 1. The quantitative estimate of drug-likeness (QED) is 0.570. The summed E-state index contributed by atoms with van der Waals surface area (Å²) in [6.07, 6.45) is 5.44. The predicted molar refractivity (Wildman–Crippen MR) is 80.7 cm³/mol. The Morgan fingerprint density at radius 2 is 2.00 bits per heavy atom. The number of nitrogens with zero attached hydrogens (tertiary/aromatic N) is 1. The molecular weight excluding hydrogens is 222 g/mol. The van der Waals surface area contributed by atoms with E-state index in [1.807, 2.05) is 0 Å². The molecule has 0 aliphatic heterocycles. The topological polar surface area (TPSA) is 12.5 Å². The zero-order chi connectivity index (χ0) is 14.2. The predicted octanol–water partition coefficient (Wildman–Crippen LogP) is 4.24. The fourth-order valence-electron chi connectivity index (χ4n) is 1.97. The number of allylic oxidation sites excluding steroid dienone is 3. The van der Waals surface area contributed by atoms with Crippen LogP contribution in [0.5, 0.6) is 0 Å². The molecule has 0 radical (unpaired) electrons. The van der Waals surface area contributed by atoms with Crippen molar-refractivity contribution in [3.05, 3.63) is 23.9 Å². The van der Waals surface area contributed by atoms with Crippen molar-refractivity contribution >= 4 is 0 Å². The molecule has 2 nitrogen and oxygen atoms in total. The summed E-state index contributed by atoms with van der Waals surface area (Å²) in [5, 5.41) is 0. The molecular formula is C16H31NO. The average Bonchev–Trinajstić information content (AvgIpc) is 2.35. The molecule has 0 rings (SSSR count). The van der Waals surface area contributed by atoms with Gasteiger partial charge < -0.3 is 9.64 Å². The van der Waals surface area contributed by atoms with Crippen LogP contribution in [0, 0.1) is 5.41 Å². The SMILES string of the molecule is C=C(CC/C(C)=C\C)N(C)CC(C)(CC)COC. The number of rotatable bonds is 9. The van der Waals surface area contributed by atoms with Gasteiger partial charge in [-0.25, -0.2) is 0 Å². The van der Waals surface area contributed by atoms with Gasteiger partial charge in [0.2, 0.25) is 0 Å². The van der Waals surface area contributed by atoms with E-state index in [9.17, 15) is 0 Å². The minimum Gasteiger partial charge on any atom is -0.384 e. The lowest BCUT2D eigenvalue weighted by Gasteiger charge is -2.34. The zero-order valence-electron chi connectivity index (χ0n) is 13.2. The van der Waals surface area contributed by atoms with Gasteiger partial charge in [-0.2, -0.15) is 0 Å². The average molecular weight is 253 g/mol. The van der Waals surface area contributed by atoms with Crippen LogP contribution >= 0.6 is 0 Å².